The number of ether oxygens (including phenoxy) is 1. The second-order valence-corrected chi connectivity index (χ2v) is 8.49. The minimum absolute atomic E-state index is 0.268. The van der Waals surface area contributed by atoms with Crippen molar-refractivity contribution < 1.29 is 19.1 Å². The Balaban J connectivity index is 1.40. The number of amides is 2. The first-order chi connectivity index (χ1) is 17.9. The summed E-state index contributed by atoms with van der Waals surface area (Å²) >= 11 is 11.9. The number of hydrazone groups is 1. The molecule has 0 radical (unpaired) electrons. The maximum absolute atomic E-state index is 12.6. The average molecular weight is 532 g/mol. The van der Waals surface area contributed by atoms with Gasteiger partial charge in [-0.15, -0.1) is 0 Å². The molecule has 2 N–H and O–H groups in total. The highest BCUT2D eigenvalue weighted by molar-refractivity contribution is 6.34. The molecule has 0 heterocycles. The van der Waals surface area contributed by atoms with E-state index in [4.69, 9.17) is 27.9 Å². The van der Waals surface area contributed by atoms with Crippen molar-refractivity contribution in [1.29, 1.82) is 0 Å². The van der Waals surface area contributed by atoms with E-state index < -0.39 is 17.8 Å². The number of carbonyl (C=O) groups is 3. The van der Waals surface area contributed by atoms with E-state index in [0.29, 0.717) is 32.4 Å². The van der Waals surface area contributed by atoms with Crippen molar-refractivity contribution in [3.05, 3.63) is 129 Å². The number of esters is 1. The fourth-order valence-electron chi connectivity index (χ4n) is 3.23. The summed E-state index contributed by atoms with van der Waals surface area (Å²) in [7, 11) is 0. The molecular weight excluding hydrogens is 513 g/mol. The molecule has 4 aromatic rings. The molecular formula is C28H19Cl2N3O4. The average Bonchev–Trinajstić information content (AvgIpc) is 2.90. The van der Waals surface area contributed by atoms with Gasteiger partial charge in [-0.2, -0.15) is 5.10 Å². The van der Waals surface area contributed by atoms with Crippen molar-refractivity contribution in [1.82, 2.24) is 5.43 Å². The van der Waals surface area contributed by atoms with Crippen LogP contribution in [0.15, 0.2) is 102 Å². The van der Waals surface area contributed by atoms with Gasteiger partial charge in [0, 0.05) is 21.8 Å². The summed E-state index contributed by atoms with van der Waals surface area (Å²) in [6.07, 6.45) is 1.37. The maximum atomic E-state index is 12.6. The highest BCUT2D eigenvalue weighted by Gasteiger charge is 2.13. The van der Waals surface area contributed by atoms with E-state index in [1.807, 2.05) is 0 Å². The Morgan fingerprint density at radius 3 is 2.27 bits per heavy atom. The van der Waals surface area contributed by atoms with Gasteiger partial charge in [-0.25, -0.2) is 10.2 Å². The molecule has 0 aliphatic heterocycles. The number of nitrogens with one attached hydrogen (secondary N) is 2. The Morgan fingerprint density at radius 1 is 0.757 bits per heavy atom. The van der Waals surface area contributed by atoms with E-state index in [-0.39, 0.29) is 11.3 Å². The van der Waals surface area contributed by atoms with Crippen molar-refractivity contribution in [2.75, 3.05) is 5.32 Å². The van der Waals surface area contributed by atoms with Crippen LogP contribution in [-0.2, 0) is 0 Å². The number of benzene rings is 4. The van der Waals surface area contributed by atoms with Crippen LogP contribution in [0.4, 0.5) is 5.69 Å². The summed E-state index contributed by atoms with van der Waals surface area (Å²) in [5.74, 6) is -1.19. The van der Waals surface area contributed by atoms with E-state index >= 15 is 0 Å². The van der Waals surface area contributed by atoms with E-state index in [1.54, 1.807) is 91.0 Å². The van der Waals surface area contributed by atoms with Crippen LogP contribution in [0.2, 0.25) is 10.0 Å². The molecule has 0 aromatic heterocycles. The maximum Gasteiger partial charge on any atom is 0.343 e. The van der Waals surface area contributed by atoms with Crippen molar-refractivity contribution in [2.45, 2.75) is 0 Å². The lowest BCUT2D eigenvalue weighted by Gasteiger charge is -2.08. The van der Waals surface area contributed by atoms with Gasteiger partial charge >= 0.3 is 5.97 Å². The van der Waals surface area contributed by atoms with Gasteiger partial charge in [-0.1, -0.05) is 53.5 Å². The predicted octanol–water partition coefficient (Wildman–Crippen LogP) is 6.23. The first-order valence-corrected chi connectivity index (χ1v) is 11.7. The van der Waals surface area contributed by atoms with E-state index in [1.165, 1.54) is 12.3 Å². The van der Waals surface area contributed by atoms with Crippen LogP contribution in [0.25, 0.3) is 0 Å². The van der Waals surface area contributed by atoms with Crippen LogP contribution in [-0.4, -0.2) is 24.0 Å². The number of nitrogens with zero attached hydrogens (tertiary/aromatic N) is 1. The van der Waals surface area contributed by atoms with Crippen LogP contribution in [0.3, 0.4) is 0 Å². The van der Waals surface area contributed by atoms with Gasteiger partial charge in [0.1, 0.15) is 5.75 Å². The van der Waals surface area contributed by atoms with Crippen LogP contribution in [0, 0.1) is 0 Å². The number of hydrogen-bond donors (Lipinski definition) is 2. The van der Waals surface area contributed by atoms with Gasteiger partial charge in [-0.05, 0) is 66.7 Å². The van der Waals surface area contributed by atoms with Gasteiger partial charge in [0.2, 0.25) is 0 Å². The third-order valence-corrected chi connectivity index (χ3v) is 5.65. The lowest BCUT2D eigenvalue weighted by molar-refractivity contribution is 0.0734. The molecule has 0 bridgehead atoms. The topological polar surface area (TPSA) is 96.9 Å². The number of carbonyl (C=O) groups excluding carboxylic acids is 3. The summed E-state index contributed by atoms with van der Waals surface area (Å²) in [6.45, 7) is 0. The van der Waals surface area contributed by atoms with Crippen molar-refractivity contribution in [3.8, 4) is 5.75 Å². The van der Waals surface area contributed by atoms with E-state index in [0.717, 1.165) is 0 Å². The van der Waals surface area contributed by atoms with Gasteiger partial charge < -0.3 is 10.1 Å². The first-order valence-electron chi connectivity index (χ1n) is 11.0. The van der Waals surface area contributed by atoms with E-state index in [9.17, 15) is 14.4 Å². The highest BCUT2D eigenvalue weighted by atomic mass is 35.5. The van der Waals surface area contributed by atoms with Crippen LogP contribution in [0.5, 0.6) is 5.75 Å². The third-order valence-electron chi connectivity index (χ3n) is 5.07. The normalized spacial score (nSPS) is 10.6. The molecule has 0 atom stereocenters. The lowest BCUT2D eigenvalue weighted by Crippen LogP contribution is -2.18. The Morgan fingerprint density at radius 2 is 1.49 bits per heavy atom. The number of hydrogen-bond acceptors (Lipinski definition) is 5. The molecule has 37 heavy (non-hydrogen) atoms. The summed E-state index contributed by atoms with van der Waals surface area (Å²) in [5.41, 5.74) is 4.26. The molecule has 0 aliphatic carbocycles. The Bertz CT molecular complexity index is 1490. The second kappa shape index (κ2) is 12.0. The van der Waals surface area contributed by atoms with E-state index in [2.05, 4.69) is 15.8 Å². The Kier molecular flexibility index (Phi) is 8.30. The first kappa shape index (κ1) is 25.6. The van der Waals surface area contributed by atoms with Crippen molar-refractivity contribution in [2.24, 2.45) is 5.10 Å². The predicted molar refractivity (Wildman–Crippen MR) is 144 cm³/mol. The van der Waals surface area contributed by atoms with Gasteiger partial charge in [0.05, 0.1) is 22.4 Å². The number of halogens is 2. The minimum Gasteiger partial charge on any atom is -0.422 e. The Labute approximate surface area is 222 Å². The van der Waals surface area contributed by atoms with Gasteiger partial charge in [-0.3, -0.25) is 9.59 Å². The minimum atomic E-state index is -0.558. The summed E-state index contributed by atoms with van der Waals surface area (Å²) in [6, 6.07) is 26.1. The standard InChI is InChI=1S/C28H19Cl2N3O4/c29-21-14-12-18(13-15-21)28(36)37-25-11-4-1-6-20(25)17-31-33-26(34)19-7-5-8-22(16-19)32-27(35)23-9-2-3-10-24(23)30/h1-17H,(H,32,35)(H,33,34). The van der Waals surface area contributed by atoms with Crippen molar-refractivity contribution in [3.63, 3.8) is 0 Å². The summed E-state index contributed by atoms with van der Waals surface area (Å²) in [5, 5.41) is 7.53. The molecule has 0 unspecified atom stereocenters. The number of para-hydroxylation sites is 1. The SMILES string of the molecule is O=C(NN=Cc1ccccc1OC(=O)c1ccc(Cl)cc1)c1cccc(NC(=O)c2ccccc2Cl)c1. The fourth-order valence-corrected chi connectivity index (χ4v) is 3.58. The molecule has 0 saturated carbocycles. The molecule has 0 fully saturated rings. The molecule has 4 aromatic carbocycles. The molecule has 2 amide bonds. The highest BCUT2D eigenvalue weighted by Crippen LogP contribution is 2.20. The zero-order valence-electron chi connectivity index (χ0n) is 19.2. The smallest absolute Gasteiger partial charge is 0.343 e. The monoisotopic (exact) mass is 531 g/mol. The number of anilines is 1. The molecule has 0 spiro atoms. The lowest BCUT2D eigenvalue weighted by atomic mass is 10.1. The Hall–Kier alpha value is -4.46. The molecule has 7 nitrogen and oxygen atoms in total. The van der Waals surface area contributed by atoms with Gasteiger partial charge in [0.15, 0.2) is 0 Å². The molecule has 0 saturated heterocycles. The summed E-state index contributed by atoms with van der Waals surface area (Å²) < 4.78 is 5.48. The fraction of sp³-hybridized carbons (Fsp3) is 0. The zero-order chi connectivity index (χ0) is 26.2. The van der Waals surface area contributed by atoms with Crippen molar-refractivity contribution >= 4 is 52.9 Å². The molecule has 4 rings (SSSR count). The largest absolute Gasteiger partial charge is 0.422 e. The van der Waals surface area contributed by atoms with Crippen LogP contribution < -0.4 is 15.5 Å². The zero-order valence-corrected chi connectivity index (χ0v) is 20.7. The van der Waals surface area contributed by atoms with Gasteiger partial charge in [0.25, 0.3) is 11.8 Å². The molecule has 0 aliphatic rings. The second-order valence-electron chi connectivity index (χ2n) is 7.65. The molecule has 184 valence electrons. The third kappa shape index (κ3) is 6.82. The van der Waals surface area contributed by atoms with Crippen LogP contribution >= 0.6 is 23.2 Å². The van der Waals surface area contributed by atoms with Crippen LogP contribution in [0.1, 0.15) is 36.6 Å². The quantitative estimate of drug-likeness (QED) is 0.128. The molecule has 9 heteroatoms. The summed E-state index contributed by atoms with van der Waals surface area (Å²) in [4.78, 5) is 37.6. The number of rotatable bonds is 7.